The number of carbonyl (C=O) groups is 1. The van der Waals surface area contributed by atoms with Crippen molar-refractivity contribution in [3.8, 4) is 5.75 Å². The van der Waals surface area contributed by atoms with E-state index in [0.717, 1.165) is 37.0 Å². The van der Waals surface area contributed by atoms with Gasteiger partial charge in [-0.25, -0.2) is 9.48 Å². The monoisotopic (exact) mass is 554 g/mol. The van der Waals surface area contributed by atoms with Crippen molar-refractivity contribution in [1.29, 1.82) is 0 Å². The number of nitrogens with zero attached hydrogens (tertiary/aromatic N) is 3. The molecule has 3 aromatic rings. The van der Waals surface area contributed by atoms with E-state index < -0.39 is 6.04 Å². The van der Waals surface area contributed by atoms with Crippen molar-refractivity contribution < 1.29 is 14.6 Å². The number of carbonyl (C=O) groups excluding carboxylic acids is 1. The Balaban J connectivity index is 1.48. The molecule has 7 nitrogen and oxygen atoms in total. The van der Waals surface area contributed by atoms with Gasteiger partial charge in [0.15, 0.2) is 0 Å². The van der Waals surface area contributed by atoms with Crippen molar-refractivity contribution in [3.05, 3.63) is 75.4 Å². The number of halogens is 1. The predicted octanol–water partition coefficient (Wildman–Crippen LogP) is 6.20. The van der Waals surface area contributed by atoms with Gasteiger partial charge >= 0.3 is 5.97 Å². The highest BCUT2D eigenvalue weighted by Crippen LogP contribution is 2.39. The SMILES string of the molecule is CC1=C(C(=O)OC2CCCCC2)C(c2ccc(Br)c(O)c2)n2nc(SCc3ccccc3)nc2N1. The van der Waals surface area contributed by atoms with Gasteiger partial charge in [-0.3, -0.25) is 0 Å². The molecule has 0 saturated heterocycles. The fourth-order valence-corrected chi connectivity index (χ4v) is 5.62. The first-order chi connectivity index (χ1) is 17.0. The maximum absolute atomic E-state index is 13.5. The number of ether oxygens (including phenoxy) is 1. The van der Waals surface area contributed by atoms with Crippen molar-refractivity contribution in [2.75, 3.05) is 5.32 Å². The molecule has 182 valence electrons. The molecule has 1 aromatic heterocycles. The molecule has 2 N–H and O–H groups in total. The Morgan fingerprint density at radius 3 is 2.71 bits per heavy atom. The number of anilines is 1. The summed E-state index contributed by atoms with van der Waals surface area (Å²) in [5.41, 5.74) is 3.07. The minimum absolute atomic E-state index is 0.0651. The van der Waals surface area contributed by atoms with Crippen molar-refractivity contribution >= 4 is 39.6 Å². The number of rotatable bonds is 6. The number of aromatic hydroxyl groups is 1. The summed E-state index contributed by atoms with van der Waals surface area (Å²) < 4.78 is 8.26. The lowest BCUT2D eigenvalue weighted by Crippen LogP contribution is -2.32. The number of aromatic nitrogens is 3. The molecule has 2 aliphatic rings. The lowest BCUT2D eigenvalue weighted by atomic mass is 9.94. The van der Waals surface area contributed by atoms with Gasteiger partial charge in [-0.2, -0.15) is 4.98 Å². The second-order valence-corrected chi connectivity index (χ2v) is 10.7. The van der Waals surface area contributed by atoms with Crippen molar-refractivity contribution in [2.45, 2.75) is 62.1 Å². The van der Waals surface area contributed by atoms with E-state index in [0.29, 0.717) is 26.8 Å². The van der Waals surface area contributed by atoms with Crippen LogP contribution in [0.5, 0.6) is 5.75 Å². The molecule has 5 rings (SSSR count). The number of allylic oxidation sites excluding steroid dienone is 1. The van der Waals surface area contributed by atoms with Crippen LogP contribution >= 0.6 is 27.7 Å². The zero-order valence-corrected chi connectivity index (χ0v) is 21.8. The Labute approximate surface area is 217 Å². The maximum atomic E-state index is 13.5. The third-order valence-electron chi connectivity index (χ3n) is 6.38. The van der Waals surface area contributed by atoms with Gasteiger partial charge in [0, 0.05) is 11.4 Å². The molecule has 1 aliphatic carbocycles. The number of fused-ring (bicyclic) bond motifs is 1. The first-order valence-corrected chi connectivity index (χ1v) is 13.6. The lowest BCUT2D eigenvalue weighted by molar-refractivity contribution is -0.146. The quantitative estimate of drug-likeness (QED) is 0.276. The zero-order valence-electron chi connectivity index (χ0n) is 19.4. The van der Waals surface area contributed by atoms with E-state index >= 15 is 0 Å². The summed E-state index contributed by atoms with van der Waals surface area (Å²) in [6.45, 7) is 1.86. The molecule has 1 atom stereocenters. The van der Waals surface area contributed by atoms with Crippen LogP contribution < -0.4 is 5.32 Å². The Hall–Kier alpha value is -2.78. The predicted molar refractivity (Wildman–Crippen MR) is 139 cm³/mol. The third kappa shape index (κ3) is 5.26. The molecule has 35 heavy (non-hydrogen) atoms. The number of nitrogens with one attached hydrogen (secondary N) is 1. The van der Waals surface area contributed by atoms with Gasteiger partial charge in [-0.15, -0.1) is 5.10 Å². The summed E-state index contributed by atoms with van der Waals surface area (Å²) in [5, 5.41) is 19.0. The van der Waals surface area contributed by atoms with Gasteiger partial charge in [-0.1, -0.05) is 54.6 Å². The molecule has 2 heterocycles. The number of hydrogen-bond donors (Lipinski definition) is 2. The van der Waals surface area contributed by atoms with Crippen molar-refractivity contribution in [3.63, 3.8) is 0 Å². The van der Waals surface area contributed by atoms with Crippen LogP contribution in [0.4, 0.5) is 5.95 Å². The van der Waals surface area contributed by atoms with Crippen LogP contribution in [0.2, 0.25) is 0 Å². The van der Waals surface area contributed by atoms with E-state index in [-0.39, 0.29) is 17.8 Å². The molecule has 1 saturated carbocycles. The number of benzene rings is 2. The molecule has 0 radical (unpaired) electrons. The van der Waals surface area contributed by atoms with Gasteiger partial charge in [0.25, 0.3) is 0 Å². The van der Waals surface area contributed by atoms with Crippen LogP contribution in [0, 0.1) is 0 Å². The van der Waals surface area contributed by atoms with Crippen molar-refractivity contribution in [2.24, 2.45) is 0 Å². The highest BCUT2D eigenvalue weighted by atomic mass is 79.9. The molecule has 0 bridgehead atoms. The highest BCUT2D eigenvalue weighted by Gasteiger charge is 2.36. The van der Waals surface area contributed by atoms with Crippen molar-refractivity contribution in [1.82, 2.24) is 14.8 Å². The standard InChI is InChI=1S/C26H27BrN4O3S/c1-16-22(24(33)34-19-10-6-3-7-11-19)23(18-12-13-20(27)21(32)14-18)31-25(28-16)29-26(30-31)35-15-17-8-4-2-5-9-17/h2,4-5,8-9,12-14,19,23,32H,3,6-7,10-11,15H2,1H3,(H,28,29,30). The van der Waals surface area contributed by atoms with Crippen LogP contribution in [0.15, 0.2) is 69.4 Å². The third-order valence-corrected chi connectivity index (χ3v) is 7.96. The van der Waals surface area contributed by atoms with E-state index in [9.17, 15) is 9.90 Å². The summed E-state index contributed by atoms with van der Waals surface area (Å²) >= 11 is 4.88. The average molecular weight is 555 g/mol. The second kappa shape index (κ2) is 10.5. The Bertz CT molecular complexity index is 1250. The Morgan fingerprint density at radius 1 is 1.20 bits per heavy atom. The Morgan fingerprint density at radius 2 is 1.97 bits per heavy atom. The van der Waals surface area contributed by atoms with E-state index in [4.69, 9.17) is 9.84 Å². The fraction of sp³-hybridized carbons (Fsp3) is 0.346. The topological polar surface area (TPSA) is 89.3 Å². The number of phenols is 1. The molecule has 9 heteroatoms. The summed E-state index contributed by atoms with van der Waals surface area (Å²) in [5.74, 6) is 1.03. The van der Waals surface area contributed by atoms with E-state index in [1.54, 1.807) is 16.8 Å². The van der Waals surface area contributed by atoms with E-state index in [2.05, 4.69) is 38.4 Å². The van der Waals surface area contributed by atoms with Crippen LogP contribution in [0.3, 0.4) is 0 Å². The molecule has 2 aromatic carbocycles. The lowest BCUT2D eigenvalue weighted by Gasteiger charge is -2.30. The number of esters is 1. The second-order valence-electron chi connectivity index (χ2n) is 8.88. The minimum Gasteiger partial charge on any atom is -0.507 e. The normalized spacial score (nSPS) is 18.2. The Kier molecular flexibility index (Phi) is 7.15. The molecule has 1 fully saturated rings. The summed E-state index contributed by atoms with van der Waals surface area (Å²) in [4.78, 5) is 18.2. The summed E-state index contributed by atoms with van der Waals surface area (Å²) in [7, 11) is 0. The first kappa shape index (κ1) is 23.9. The minimum atomic E-state index is -0.570. The average Bonchev–Trinajstić information content (AvgIpc) is 3.27. The molecule has 0 spiro atoms. The van der Waals surface area contributed by atoms with Gasteiger partial charge < -0.3 is 15.2 Å². The van der Waals surface area contributed by atoms with Crippen LogP contribution in [0.25, 0.3) is 0 Å². The molecule has 1 aliphatic heterocycles. The van der Waals surface area contributed by atoms with Gasteiger partial charge in [0.2, 0.25) is 11.1 Å². The van der Waals surface area contributed by atoms with E-state index in [1.165, 1.54) is 23.7 Å². The highest BCUT2D eigenvalue weighted by molar-refractivity contribution is 9.10. The molecule has 0 amide bonds. The largest absolute Gasteiger partial charge is 0.507 e. The molecule has 1 unspecified atom stereocenters. The molecular weight excluding hydrogens is 528 g/mol. The van der Waals surface area contributed by atoms with E-state index in [1.807, 2.05) is 31.2 Å². The van der Waals surface area contributed by atoms with Gasteiger partial charge in [0.05, 0.1) is 10.0 Å². The summed E-state index contributed by atoms with van der Waals surface area (Å²) in [6.07, 6.45) is 5.06. The first-order valence-electron chi connectivity index (χ1n) is 11.8. The van der Waals surface area contributed by atoms with Gasteiger partial charge in [0.1, 0.15) is 17.9 Å². The smallest absolute Gasteiger partial charge is 0.338 e. The van der Waals surface area contributed by atoms with Crippen LogP contribution in [0.1, 0.15) is 56.2 Å². The molecular formula is C26H27BrN4O3S. The van der Waals surface area contributed by atoms with Gasteiger partial charge in [-0.05, 0) is 71.8 Å². The van der Waals surface area contributed by atoms with Crippen LogP contribution in [-0.4, -0.2) is 31.9 Å². The zero-order chi connectivity index (χ0) is 24.4. The number of phenolic OH excluding ortho intramolecular Hbond substituents is 1. The summed E-state index contributed by atoms with van der Waals surface area (Å²) in [6, 6.07) is 14.9. The van der Waals surface area contributed by atoms with Crippen LogP contribution in [-0.2, 0) is 15.3 Å². The maximum Gasteiger partial charge on any atom is 0.338 e. The number of thioether (sulfide) groups is 1. The number of hydrogen-bond acceptors (Lipinski definition) is 7. The fourth-order valence-electron chi connectivity index (χ4n) is 4.58.